The summed E-state index contributed by atoms with van der Waals surface area (Å²) in [6.45, 7) is 2.47. The predicted octanol–water partition coefficient (Wildman–Crippen LogP) is 3.07. The number of carbonyl (C=O) groups excluding carboxylic acids is 2. The topological polar surface area (TPSA) is 88.9 Å². The van der Waals surface area contributed by atoms with E-state index in [-0.39, 0.29) is 21.5 Å². The van der Waals surface area contributed by atoms with Crippen LogP contribution in [0, 0.1) is 0 Å². The van der Waals surface area contributed by atoms with Crippen molar-refractivity contribution in [2.45, 2.75) is 26.1 Å². The van der Waals surface area contributed by atoms with Gasteiger partial charge in [-0.2, -0.15) is 5.10 Å². The maximum Gasteiger partial charge on any atom is 0.253 e. The Labute approximate surface area is 178 Å². The standard InChI is InChI=1S/C20H19Cl2N5O2/c1-13(26-20(29)16-7-4-8-17(21)18(16)22)19(28)24-9-14-5-2-3-6-15(14)10-27-12-23-11-25-27/h2-8,11-13H,9-10H2,1H3,(H,24,28)(H,26,29). The summed E-state index contributed by atoms with van der Waals surface area (Å²) in [5.41, 5.74) is 2.19. The van der Waals surface area contributed by atoms with Gasteiger partial charge in [0.2, 0.25) is 5.91 Å². The number of carbonyl (C=O) groups is 2. The van der Waals surface area contributed by atoms with E-state index in [0.717, 1.165) is 11.1 Å². The molecule has 3 aromatic rings. The van der Waals surface area contributed by atoms with Crippen LogP contribution in [0.4, 0.5) is 0 Å². The van der Waals surface area contributed by atoms with Gasteiger partial charge in [-0.1, -0.05) is 53.5 Å². The molecule has 0 saturated carbocycles. The van der Waals surface area contributed by atoms with Crippen molar-refractivity contribution in [3.8, 4) is 0 Å². The summed E-state index contributed by atoms with van der Waals surface area (Å²) in [4.78, 5) is 28.8. The van der Waals surface area contributed by atoms with E-state index in [1.807, 2.05) is 24.3 Å². The Morgan fingerprint density at radius 2 is 1.86 bits per heavy atom. The maximum absolute atomic E-state index is 12.5. The monoisotopic (exact) mass is 431 g/mol. The Bertz CT molecular complexity index is 1010. The summed E-state index contributed by atoms with van der Waals surface area (Å²) < 4.78 is 1.71. The molecule has 2 N–H and O–H groups in total. The Morgan fingerprint density at radius 1 is 1.10 bits per heavy atom. The van der Waals surface area contributed by atoms with Crippen LogP contribution < -0.4 is 10.6 Å². The minimum atomic E-state index is -0.750. The number of rotatable bonds is 7. The van der Waals surface area contributed by atoms with Gasteiger partial charge in [0.15, 0.2) is 0 Å². The first kappa shape index (κ1) is 20.8. The fourth-order valence-corrected chi connectivity index (χ4v) is 3.11. The molecule has 0 aliphatic heterocycles. The van der Waals surface area contributed by atoms with E-state index in [0.29, 0.717) is 13.1 Å². The molecule has 2 amide bonds. The second kappa shape index (κ2) is 9.54. The van der Waals surface area contributed by atoms with Gasteiger partial charge < -0.3 is 10.6 Å². The lowest BCUT2D eigenvalue weighted by molar-refractivity contribution is -0.122. The fourth-order valence-electron chi connectivity index (χ4n) is 2.73. The number of aromatic nitrogens is 3. The second-order valence-electron chi connectivity index (χ2n) is 6.38. The number of hydrogen-bond acceptors (Lipinski definition) is 4. The van der Waals surface area contributed by atoms with Crippen LogP contribution in [-0.4, -0.2) is 32.6 Å². The molecule has 1 unspecified atom stereocenters. The van der Waals surface area contributed by atoms with Gasteiger partial charge in [0, 0.05) is 6.54 Å². The molecule has 9 heteroatoms. The molecule has 0 bridgehead atoms. The van der Waals surface area contributed by atoms with E-state index >= 15 is 0 Å². The smallest absolute Gasteiger partial charge is 0.253 e. The summed E-state index contributed by atoms with van der Waals surface area (Å²) in [6, 6.07) is 11.7. The number of amides is 2. The molecule has 1 atom stereocenters. The van der Waals surface area contributed by atoms with Gasteiger partial charge >= 0.3 is 0 Å². The summed E-state index contributed by atoms with van der Waals surface area (Å²) >= 11 is 12.0. The molecule has 0 fully saturated rings. The summed E-state index contributed by atoms with van der Waals surface area (Å²) in [6.07, 6.45) is 3.11. The molecule has 7 nitrogen and oxygen atoms in total. The lowest BCUT2D eigenvalue weighted by atomic mass is 10.1. The number of benzene rings is 2. The Morgan fingerprint density at radius 3 is 2.59 bits per heavy atom. The highest BCUT2D eigenvalue weighted by molar-refractivity contribution is 6.43. The molecule has 2 aromatic carbocycles. The van der Waals surface area contributed by atoms with Crippen LogP contribution in [0.5, 0.6) is 0 Å². The SMILES string of the molecule is CC(NC(=O)c1cccc(Cl)c1Cl)C(=O)NCc1ccccc1Cn1cncn1. The summed E-state index contributed by atoms with van der Waals surface area (Å²) in [5.74, 6) is -0.779. The zero-order chi connectivity index (χ0) is 20.8. The zero-order valence-corrected chi connectivity index (χ0v) is 17.1. The number of nitrogens with one attached hydrogen (secondary N) is 2. The van der Waals surface area contributed by atoms with Gasteiger partial charge in [0.05, 0.1) is 22.2 Å². The Balaban J connectivity index is 1.59. The second-order valence-corrected chi connectivity index (χ2v) is 7.16. The molecule has 0 aliphatic carbocycles. The summed E-state index contributed by atoms with van der Waals surface area (Å²) in [7, 11) is 0. The first-order valence-corrected chi connectivity index (χ1v) is 9.63. The van der Waals surface area contributed by atoms with E-state index in [4.69, 9.17) is 23.2 Å². The first-order chi connectivity index (χ1) is 14.0. The van der Waals surface area contributed by atoms with Crippen LogP contribution in [0.25, 0.3) is 0 Å². The molecular weight excluding hydrogens is 413 g/mol. The Hall–Kier alpha value is -2.90. The Kier molecular flexibility index (Phi) is 6.85. The van der Waals surface area contributed by atoms with Gasteiger partial charge in [0.25, 0.3) is 5.91 Å². The van der Waals surface area contributed by atoms with E-state index in [2.05, 4.69) is 20.7 Å². The average Bonchev–Trinajstić information content (AvgIpc) is 3.22. The molecular formula is C20H19Cl2N5O2. The third kappa shape index (κ3) is 5.34. The average molecular weight is 432 g/mol. The first-order valence-electron chi connectivity index (χ1n) is 8.87. The lowest BCUT2D eigenvalue weighted by Crippen LogP contribution is -2.44. The van der Waals surface area contributed by atoms with Gasteiger partial charge in [-0.3, -0.25) is 9.59 Å². The molecule has 29 heavy (non-hydrogen) atoms. The number of hydrogen-bond donors (Lipinski definition) is 2. The van der Waals surface area contributed by atoms with E-state index in [9.17, 15) is 9.59 Å². The van der Waals surface area contributed by atoms with E-state index < -0.39 is 11.9 Å². The minimum Gasteiger partial charge on any atom is -0.350 e. The number of nitrogens with zero attached hydrogens (tertiary/aromatic N) is 3. The molecule has 0 saturated heterocycles. The molecule has 1 heterocycles. The summed E-state index contributed by atoms with van der Waals surface area (Å²) in [5, 5.41) is 10.0. The molecule has 1 aromatic heterocycles. The molecule has 0 aliphatic rings. The zero-order valence-electron chi connectivity index (χ0n) is 15.6. The van der Waals surface area contributed by atoms with E-state index in [1.165, 1.54) is 6.33 Å². The van der Waals surface area contributed by atoms with Crippen LogP contribution in [0.1, 0.15) is 28.4 Å². The van der Waals surface area contributed by atoms with Crippen molar-refractivity contribution in [1.82, 2.24) is 25.4 Å². The van der Waals surface area contributed by atoms with E-state index in [1.54, 1.807) is 36.1 Å². The highest BCUT2D eigenvalue weighted by Gasteiger charge is 2.19. The largest absolute Gasteiger partial charge is 0.350 e. The van der Waals surface area contributed by atoms with Crippen molar-refractivity contribution in [1.29, 1.82) is 0 Å². The van der Waals surface area contributed by atoms with Crippen LogP contribution in [0.2, 0.25) is 10.0 Å². The van der Waals surface area contributed by atoms with Crippen molar-refractivity contribution in [2.24, 2.45) is 0 Å². The van der Waals surface area contributed by atoms with Crippen LogP contribution in [0.3, 0.4) is 0 Å². The lowest BCUT2D eigenvalue weighted by Gasteiger charge is -2.16. The normalized spacial score (nSPS) is 11.7. The van der Waals surface area contributed by atoms with Crippen molar-refractivity contribution >= 4 is 35.0 Å². The predicted molar refractivity (Wildman–Crippen MR) is 111 cm³/mol. The van der Waals surface area contributed by atoms with Crippen molar-refractivity contribution in [3.63, 3.8) is 0 Å². The van der Waals surface area contributed by atoms with Gasteiger partial charge in [-0.05, 0) is 30.2 Å². The third-order valence-electron chi connectivity index (χ3n) is 4.31. The fraction of sp³-hybridized carbons (Fsp3) is 0.200. The highest BCUT2D eigenvalue weighted by atomic mass is 35.5. The van der Waals surface area contributed by atoms with Crippen LogP contribution >= 0.6 is 23.2 Å². The molecule has 0 spiro atoms. The van der Waals surface area contributed by atoms with Crippen molar-refractivity contribution in [2.75, 3.05) is 0 Å². The van der Waals surface area contributed by atoms with Crippen LogP contribution in [0.15, 0.2) is 55.1 Å². The van der Waals surface area contributed by atoms with Crippen molar-refractivity contribution < 1.29 is 9.59 Å². The van der Waals surface area contributed by atoms with Crippen LogP contribution in [-0.2, 0) is 17.9 Å². The molecule has 150 valence electrons. The van der Waals surface area contributed by atoms with Gasteiger partial charge in [-0.15, -0.1) is 0 Å². The highest BCUT2D eigenvalue weighted by Crippen LogP contribution is 2.25. The number of halogens is 2. The quantitative estimate of drug-likeness (QED) is 0.601. The third-order valence-corrected chi connectivity index (χ3v) is 5.13. The molecule has 3 rings (SSSR count). The van der Waals surface area contributed by atoms with Gasteiger partial charge in [-0.25, -0.2) is 9.67 Å². The van der Waals surface area contributed by atoms with Gasteiger partial charge in [0.1, 0.15) is 18.7 Å². The minimum absolute atomic E-state index is 0.154. The van der Waals surface area contributed by atoms with Crippen molar-refractivity contribution in [3.05, 3.63) is 81.9 Å². The molecule has 0 radical (unpaired) electrons. The maximum atomic E-state index is 12.5.